The van der Waals surface area contributed by atoms with Gasteiger partial charge in [0, 0.05) is 37.5 Å². The number of amides is 1. The normalized spacial score (nSPS) is 15.7. The molecular weight excluding hydrogens is 485 g/mol. The molecule has 1 fully saturated rings. The third-order valence-corrected chi connectivity index (χ3v) is 6.46. The Kier molecular flexibility index (Phi) is 8.78. The Bertz CT molecular complexity index is 1210. The number of rotatable bonds is 9. The van der Waals surface area contributed by atoms with Gasteiger partial charge in [0.2, 0.25) is 5.95 Å². The van der Waals surface area contributed by atoms with E-state index in [1.807, 2.05) is 53.4 Å². The van der Waals surface area contributed by atoms with Crippen LogP contribution in [-0.4, -0.2) is 55.3 Å². The lowest BCUT2D eigenvalue weighted by atomic mass is 9.86. The second kappa shape index (κ2) is 12.2. The van der Waals surface area contributed by atoms with Crippen LogP contribution >= 0.6 is 0 Å². The minimum absolute atomic E-state index is 0.0240. The molecule has 9 heteroatoms. The van der Waals surface area contributed by atoms with E-state index in [-0.39, 0.29) is 23.2 Å². The number of piperidine rings is 1. The summed E-state index contributed by atoms with van der Waals surface area (Å²) in [7, 11) is 1.63. The van der Waals surface area contributed by atoms with E-state index in [1.165, 1.54) is 11.8 Å². The summed E-state index contributed by atoms with van der Waals surface area (Å²) in [4.78, 5) is 23.3. The SMILES string of the molecule is COCCOc1ccc(Nc2ncc(F)c(N3CCC[C@@H](NC(=O)c4ccc(C(C)(C)C)cc4)C3)n2)cc1. The zero-order valence-corrected chi connectivity index (χ0v) is 22.5. The number of aromatic nitrogens is 2. The van der Waals surface area contributed by atoms with Crippen LogP contribution < -0.4 is 20.3 Å². The topological polar surface area (TPSA) is 88.6 Å². The van der Waals surface area contributed by atoms with Crippen LogP contribution in [0.4, 0.5) is 21.8 Å². The second-order valence-electron chi connectivity index (χ2n) is 10.4. The summed E-state index contributed by atoms with van der Waals surface area (Å²) < 4.78 is 25.3. The summed E-state index contributed by atoms with van der Waals surface area (Å²) in [5.41, 5.74) is 2.57. The van der Waals surface area contributed by atoms with E-state index in [1.54, 1.807) is 7.11 Å². The zero-order valence-electron chi connectivity index (χ0n) is 22.5. The fourth-order valence-corrected chi connectivity index (χ4v) is 4.32. The van der Waals surface area contributed by atoms with Crippen LogP contribution in [0, 0.1) is 5.82 Å². The van der Waals surface area contributed by atoms with Crippen molar-refractivity contribution in [2.45, 2.75) is 45.1 Å². The highest BCUT2D eigenvalue weighted by molar-refractivity contribution is 5.94. The molecule has 2 heterocycles. The van der Waals surface area contributed by atoms with E-state index in [2.05, 4.69) is 41.4 Å². The van der Waals surface area contributed by atoms with Crippen LogP contribution in [0.2, 0.25) is 0 Å². The lowest BCUT2D eigenvalue weighted by Gasteiger charge is -2.34. The molecule has 0 saturated carbocycles. The van der Waals surface area contributed by atoms with E-state index in [0.717, 1.165) is 24.3 Å². The third-order valence-electron chi connectivity index (χ3n) is 6.46. The fraction of sp³-hybridized carbons (Fsp3) is 0.414. The highest BCUT2D eigenvalue weighted by Gasteiger charge is 2.25. The predicted octanol–water partition coefficient (Wildman–Crippen LogP) is 5.08. The van der Waals surface area contributed by atoms with Crippen molar-refractivity contribution < 1.29 is 18.7 Å². The lowest BCUT2D eigenvalue weighted by molar-refractivity contribution is 0.0933. The molecule has 0 radical (unpaired) electrons. The highest BCUT2D eigenvalue weighted by Crippen LogP contribution is 2.25. The molecule has 0 bridgehead atoms. The second-order valence-corrected chi connectivity index (χ2v) is 10.4. The number of hydrogen-bond acceptors (Lipinski definition) is 7. The van der Waals surface area contributed by atoms with Crippen molar-refractivity contribution in [2.75, 3.05) is 43.6 Å². The van der Waals surface area contributed by atoms with E-state index in [4.69, 9.17) is 9.47 Å². The van der Waals surface area contributed by atoms with Gasteiger partial charge in [-0.15, -0.1) is 0 Å². The van der Waals surface area contributed by atoms with Crippen molar-refractivity contribution in [3.8, 4) is 5.75 Å². The number of hydrogen-bond donors (Lipinski definition) is 2. The molecule has 38 heavy (non-hydrogen) atoms. The maximum absolute atomic E-state index is 14.8. The number of halogens is 1. The molecule has 8 nitrogen and oxygen atoms in total. The van der Waals surface area contributed by atoms with Gasteiger partial charge >= 0.3 is 0 Å². The summed E-state index contributed by atoms with van der Waals surface area (Å²) in [6, 6.07) is 14.9. The fourth-order valence-electron chi connectivity index (χ4n) is 4.32. The number of carbonyl (C=O) groups is 1. The molecule has 4 rings (SSSR count). The maximum Gasteiger partial charge on any atom is 0.251 e. The molecule has 1 atom stereocenters. The van der Waals surface area contributed by atoms with Crippen molar-refractivity contribution in [2.24, 2.45) is 0 Å². The Balaban J connectivity index is 1.38. The minimum atomic E-state index is -0.498. The summed E-state index contributed by atoms with van der Waals surface area (Å²) in [5.74, 6) is 0.606. The number of carbonyl (C=O) groups excluding carboxylic acids is 1. The molecule has 0 aliphatic carbocycles. The van der Waals surface area contributed by atoms with E-state index in [0.29, 0.717) is 37.8 Å². The molecule has 1 saturated heterocycles. The minimum Gasteiger partial charge on any atom is -0.491 e. The average molecular weight is 522 g/mol. The van der Waals surface area contributed by atoms with E-state index < -0.39 is 5.82 Å². The largest absolute Gasteiger partial charge is 0.491 e. The van der Waals surface area contributed by atoms with Crippen LogP contribution in [0.25, 0.3) is 0 Å². The van der Waals surface area contributed by atoms with Gasteiger partial charge in [-0.1, -0.05) is 32.9 Å². The third kappa shape index (κ3) is 7.19. The van der Waals surface area contributed by atoms with Crippen molar-refractivity contribution in [1.82, 2.24) is 15.3 Å². The Morgan fingerprint density at radius 3 is 2.53 bits per heavy atom. The quantitative estimate of drug-likeness (QED) is 0.380. The molecule has 1 aliphatic heterocycles. The lowest BCUT2D eigenvalue weighted by Crippen LogP contribution is -2.48. The Labute approximate surface area is 223 Å². The predicted molar refractivity (Wildman–Crippen MR) is 147 cm³/mol. The number of nitrogens with one attached hydrogen (secondary N) is 2. The van der Waals surface area contributed by atoms with E-state index >= 15 is 0 Å². The van der Waals surface area contributed by atoms with Gasteiger partial charge in [0.25, 0.3) is 5.91 Å². The van der Waals surface area contributed by atoms with E-state index in [9.17, 15) is 9.18 Å². The van der Waals surface area contributed by atoms with Crippen LogP contribution in [-0.2, 0) is 10.2 Å². The highest BCUT2D eigenvalue weighted by atomic mass is 19.1. The van der Waals surface area contributed by atoms with Crippen molar-refractivity contribution >= 4 is 23.4 Å². The summed E-state index contributed by atoms with van der Waals surface area (Å²) in [6.07, 6.45) is 2.80. The average Bonchev–Trinajstić information content (AvgIpc) is 2.90. The number of benzene rings is 2. The van der Waals surface area contributed by atoms with Gasteiger partial charge in [-0.2, -0.15) is 4.98 Å². The number of nitrogens with zero attached hydrogens (tertiary/aromatic N) is 3. The van der Waals surface area contributed by atoms with Crippen LogP contribution in [0.15, 0.2) is 54.7 Å². The van der Waals surface area contributed by atoms with Gasteiger partial charge in [-0.3, -0.25) is 4.79 Å². The van der Waals surface area contributed by atoms with Gasteiger partial charge in [-0.05, 0) is 60.2 Å². The summed E-state index contributed by atoms with van der Waals surface area (Å²) in [5, 5.41) is 6.23. The molecule has 0 unspecified atom stereocenters. The molecule has 3 aromatic rings. The molecule has 202 valence electrons. The molecular formula is C29H36FN5O3. The molecule has 1 aromatic heterocycles. The van der Waals surface area contributed by atoms with Crippen LogP contribution in [0.5, 0.6) is 5.75 Å². The Morgan fingerprint density at radius 2 is 1.84 bits per heavy atom. The summed E-state index contributed by atoms with van der Waals surface area (Å²) in [6.45, 7) is 8.51. The Morgan fingerprint density at radius 1 is 1.11 bits per heavy atom. The molecule has 0 spiro atoms. The zero-order chi connectivity index (χ0) is 27.1. The molecule has 2 aromatic carbocycles. The first-order valence-electron chi connectivity index (χ1n) is 12.9. The van der Waals surface area contributed by atoms with Gasteiger partial charge < -0.3 is 25.0 Å². The smallest absolute Gasteiger partial charge is 0.251 e. The van der Waals surface area contributed by atoms with Crippen LogP contribution in [0.3, 0.4) is 0 Å². The maximum atomic E-state index is 14.8. The monoisotopic (exact) mass is 521 g/mol. The standard InChI is InChI=1S/C29H36FN5O3/c1-29(2,3)21-9-7-20(8-10-21)27(36)32-23-6-5-15-35(19-23)26-25(30)18-31-28(34-26)33-22-11-13-24(14-12-22)38-17-16-37-4/h7-14,18,23H,5-6,15-17,19H2,1-4H3,(H,32,36)(H,31,33,34)/t23-/m1/s1. The Hall–Kier alpha value is -3.72. The number of anilines is 3. The molecule has 1 amide bonds. The van der Waals surface area contributed by atoms with Crippen molar-refractivity contribution in [3.63, 3.8) is 0 Å². The van der Waals surface area contributed by atoms with Gasteiger partial charge in [0.1, 0.15) is 12.4 Å². The number of ether oxygens (including phenoxy) is 2. The van der Waals surface area contributed by atoms with Crippen molar-refractivity contribution in [1.29, 1.82) is 0 Å². The van der Waals surface area contributed by atoms with Gasteiger partial charge in [0.05, 0.1) is 12.8 Å². The summed E-state index contributed by atoms with van der Waals surface area (Å²) >= 11 is 0. The molecule has 1 aliphatic rings. The van der Waals surface area contributed by atoms with Gasteiger partial charge in [-0.25, -0.2) is 9.37 Å². The van der Waals surface area contributed by atoms with Crippen LogP contribution in [0.1, 0.15) is 49.5 Å². The number of methoxy groups -OCH3 is 1. The first kappa shape index (κ1) is 27.3. The van der Waals surface area contributed by atoms with Gasteiger partial charge in [0.15, 0.2) is 11.6 Å². The first-order chi connectivity index (χ1) is 18.2. The first-order valence-corrected chi connectivity index (χ1v) is 12.9. The molecule has 2 N–H and O–H groups in total. The van der Waals surface area contributed by atoms with Crippen molar-refractivity contribution in [3.05, 3.63) is 71.7 Å².